The van der Waals surface area contributed by atoms with Crippen molar-refractivity contribution >= 4 is 28.3 Å². The lowest BCUT2D eigenvalue weighted by molar-refractivity contribution is -0.117. The minimum absolute atomic E-state index is 0.0615. The van der Waals surface area contributed by atoms with Crippen LogP contribution in [0.4, 0.5) is 15.9 Å². The lowest BCUT2D eigenvalue weighted by Crippen LogP contribution is -2.21. The second-order valence-corrected chi connectivity index (χ2v) is 7.82. The van der Waals surface area contributed by atoms with Crippen LogP contribution in [0.3, 0.4) is 0 Å². The van der Waals surface area contributed by atoms with E-state index in [1.165, 1.54) is 13.2 Å². The lowest BCUT2D eigenvalue weighted by atomic mass is 9.77. The quantitative estimate of drug-likeness (QED) is 0.641. The molecule has 6 nitrogen and oxygen atoms in total. The summed E-state index contributed by atoms with van der Waals surface area (Å²) in [6.07, 6.45) is 6.09. The molecule has 1 fully saturated rings. The molecule has 30 heavy (non-hydrogen) atoms. The van der Waals surface area contributed by atoms with E-state index in [1.807, 2.05) is 6.07 Å². The first-order valence-corrected chi connectivity index (χ1v) is 10.2. The van der Waals surface area contributed by atoms with Gasteiger partial charge in [-0.25, -0.2) is 4.39 Å². The number of carbonyl (C=O) groups excluding carboxylic acids is 1. The summed E-state index contributed by atoms with van der Waals surface area (Å²) in [6, 6.07) is 10.1. The number of hydrogen-bond donors (Lipinski definition) is 2. The molecule has 4 rings (SSSR count). The SMILES string of the molecule is COc1ccc(NC(=O)CC2CCC(c3ccnc4ccc(F)cc34)CC2)c(N)n1. The Morgan fingerprint density at radius 3 is 2.73 bits per heavy atom. The summed E-state index contributed by atoms with van der Waals surface area (Å²) in [7, 11) is 1.52. The topological polar surface area (TPSA) is 90.1 Å². The number of halogens is 1. The van der Waals surface area contributed by atoms with E-state index in [0.29, 0.717) is 29.8 Å². The molecule has 0 aliphatic heterocycles. The van der Waals surface area contributed by atoms with Crippen molar-refractivity contribution in [3.63, 3.8) is 0 Å². The van der Waals surface area contributed by atoms with Crippen molar-refractivity contribution in [1.82, 2.24) is 9.97 Å². The number of fused-ring (bicyclic) bond motifs is 1. The number of pyridine rings is 2. The molecule has 0 atom stereocenters. The van der Waals surface area contributed by atoms with Gasteiger partial charge in [0.05, 0.1) is 18.3 Å². The van der Waals surface area contributed by atoms with Crippen LogP contribution in [0.1, 0.15) is 43.6 Å². The zero-order valence-electron chi connectivity index (χ0n) is 16.9. The first kappa shape index (κ1) is 20.1. The van der Waals surface area contributed by atoms with Crippen molar-refractivity contribution < 1.29 is 13.9 Å². The van der Waals surface area contributed by atoms with E-state index >= 15 is 0 Å². The third-order valence-corrected chi connectivity index (χ3v) is 5.88. The van der Waals surface area contributed by atoms with E-state index in [9.17, 15) is 9.18 Å². The van der Waals surface area contributed by atoms with E-state index < -0.39 is 0 Å². The molecule has 7 heteroatoms. The monoisotopic (exact) mass is 408 g/mol. The van der Waals surface area contributed by atoms with Crippen LogP contribution >= 0.6 is 0 Å². The molecule has 0 spiro atoms. The maximum absolute atomic E-state index is 13.7. The largest absolute Gasteiger partial charge is 0.481 e. The summed E-state index contributed by atoms with van der Waals surface area (Å²) in [5, 5.41) is 3.74. The maximum Gasteiger partial charge on any atom is 0.224 e. The highest BCUT2D eigenvalue weighted by atomic mass is 19.1. The Balaban J connectivity index is 1.36. The van der Waals surface area contributed by atoms with Crippen molar-refractivity contribution in [3.05, 3.63) is 54.0 Å². The molecule has 1 aliphatic rings. The van der Waals surface area contributed by atoms with E-state index in [0.717, 1.165) is 42.1 Å². The summed E-state index contributed by atoms with van der Waals surface area (Å²) in [6.45, 7) is 0. The van der Waals surface area contributed by atoms with Gasteiger partial charge in [-0.05, 0) is 73.4 Å². The van der Waals surface area contributed by atoms with Gasteiger partial charge in [-0.3, -0.25) is 9.78 Å². The molecular formula is C23H25FN4O2. The molecule has 0 radical (unpaired) electrons. The molecule has 1 aromatic carbocycles. The lowest BCUT2D eigenvalue weighted by Gasteiger charge is -2.29. The Bertz CT molecular complexity index is 1060. The Morgan fingerprint density at radius 2 is 2.00 bits per heavy atom. The molecular weight excluding hydrogens is 383 g/mol. The van der Waals surface area contributed by atoms with Crippen LogP contribution in [0.2, 0.25) is 0 Å². The highest BCUT2D eigenvalue weighted by Crippen LogP contribution is 2.39. The van der Waals surface area contributed by atoms with Crippen LogP contribution < -0.4 is 15.8 Å². The number of carbonyl (C=O) groups is 1. The number of nitrogens with one attached hydrogen (secondary N) is 1. The Hall–Kier alpha value is -3.22. The molecule has 1 amide bonds. The van der Waals surface area contributed by atoms with Crippen LogP contribution in [-0.4, -0.2) is 23.0 Å². The summed E-state index contributed by atoms with van der Waals surface area (Å²) < 4.78 is 18.8. The van der Waals surface area contributed by atoms with Crippen molar-refractivity contribution in [2.24, 2.45) is 5.92 Å². The fourth-order valence-electron chi connectivity index (χ4n) is 4.31. The highest BCUT2D eigenvalue weighted by Gasteiger charge is 2.25. The summed E-state index contributed by atoms with van der Waals surface area (Å²) in [4.78, 5) is 20.9. The third kappa shape index (κ3) is 4.35. The molecule has 156 valence electrons. The molecule has 3 aromatic rings. The normalized spacial score (nSPS) is 18.9. The van der Waals surface area contributed by atoms with Crippen molar-refractivity contribution in [2.45, 2.75) is 38.0 Å². The van der Waals surface area contributed by atoms with Gasteiger partial charge in [-0.2, -0.15) is 4.98 Å². The maximum atomic E-state index is 13.7. The Kier molecular flexibility index (Phi) is 5.79. The summed E-state index contributed by atoms with van der Waals surface area (Å²) >= 11 is 0. The molecule has 0 unspecified atom stereocenters. The van der Waals surface area contributed by atoms with Gasteiger partial charge in [0.2, 0.25) is 11.8 Å². The minimum Gasteiger partial charge on any atom is -0.481 e. The van der Waals surface area contributed by atoms with Gasteiger partial charge in [-0.15, -0.1) is 0 Å². The number of hydrogen-bond acceptors (Lipinski definition) is 5. The van der Waals surface area contributed by atoms with Gasteiger partial charge in [0.1, 0.15) is 5.82 Å². The van der Waals surface area contributed by atoms with Gasteiger partial charge < -0.3 is 15.8 Å². The second-order valence-electron chi connectivity index (χ2n) is 7.82. The van der Waals surface area contributed by atoms with Gasteiger partial charge in [0.15, 0.2) is 5.82 Å². The smallest absolute Gasteiger partial charge is 0.224 e. The number of benzene rings is 1. The van der Waals surface area contributed by atoms with E-state index in [-0.39, 0.29) is 17.5 Å². The van der Waals surface area contributed by atoms with Gasteiger partial charge in [0, 0.05) is 24.1 Å². The standard InChI is InChI=1S/C23H25FN4O2/c1-30-22-9-8-20(23(25)28-22)27-21(29)12-14-2-4-15(5-3-14)17-10-11-26-19-7-6-16(24)13-18(17)19/h6-11,13-15H,2-5,12H2,1H3,(H2,25,28)(H,27,29). The predicted molar refractivity (Wildman–Crippen MR) is 115 cm³/mol. The van der Waals surface area contributed by atoms with Gasteiger partial charge >= 0.3 is 0 Å². The average Bonchev–Trinajstić information content (AvgIpc) is 2.75. The molecule has 1 saturated carbocycles. The number of nitrogen functional groups attached to an aromatic ring is 1. The van der Waals surface area contributed by atoms with Crippen molar-refractivity contribution in [2.75, 3.05) is 18.2 Å². The summed E-state index contributed by atoms with van der Waals surface area (Å²) in [5.41, 5.74) is 8.35. The number of aromatic nitrogens is 2. The van der Waals surface area contributed by atoms with Crippen molar-refractivity contribution in [1.29, 1.82) is 0 Å². The number of methoxy groups -OCH3 is 1. The molecule has 3 N–H and O–H groups in total. The molecule has 2 heterocycles. The predicted octanol–water partition coefficient (Wildman–Crippen LogP) is 4.66. The van der Waals surface area contributed by atoms with Gasteiger partial charge in [-0.1, -0.05) is 0 Å². The van der Waals surface area contributed by atoms with Gasteiger partial charge in [0.25, 0.3) is 0 Å². The van der Waals surface area contributed by atoms with Crippen LogP contribution in [0.15, 0.2) is 42.6 Å². The van der Waals surface area contributed by atoms with E-state index in [2.05, 4.69) is 15.3 Å². The van der Waals surface area contributed by atoms with E-state index in [1.54, 1.807) is 30.5 Å². The number of nitrogens with two attached hydrogens (primary N) is 1. The van der Waals surface area contributed by atoms with E-state index in [4.69, 9.17) is 10.5 Å². The number of ether oxygens (including phenoxy) is 1. The number of anilines is 2. The molecule has 0 saturated heterocycles. The first-order chi connectivity index (χ1) is 14.5. The van der Waals surface area contributed by atoms with Crippen LogP contribution in [0.5, 0.6) is 5.88 Å². The Morgan fingerprint density at radius 1 is 1.20 bits per heavy atom. The zero-order valence-corrected chi connectivity index (χ0v) is 16.9. The second kappa shape index (κ2) is 8.65. The minimum atomic E-state index is -0.241. The number of amides is 1. The fraction of sp³-hybridized carbons (Fsp3) is 0.348. The summed E-state index contributed by atoms with van der Waals surface area (Å²) in [5.74, 6) is 1.02. The molecule has 1 aliphatic carbocycles. The Labute approximate surface area is 174 Å². The fourth-order valence-corrected chi connectivity index (χ4v) is 4.31. The molecule has 0 bridgehead atoms. The zero-order chi connectivity index (χ0) is 21.1. The average molecular weight is 408 g/mol. The van der Waals surface area contributed by atoms with Crippen molar-refractivity contribution in [3.8, 4) is 5.88 Å². The molecule has 2 aromatic heterocycles. The number of rotatable bonds is 5. The van der Waals surface area contributed by atoms with Crippen LogP contribution in [-0.2, 0) is 4.79 Å². The van der Waals surface area contributed by atoms with Crippen LogP contribution in [0, 0.1) is 11.7 Å². The van der Waals surface area contributed by atoms with Crippen LogP contribution in [0.25, 0.3) is 10.9 Å². The first-order valence-electron chi connectivity index (χ1n) is 10.2. The highest BCUT2D eigenvalue weighted by molar-refractivity contribution is 5.93. The third-order valence-electron chi connectivity index (χ3n) is 5.88. The number of nitrogens with zero attached hydrogens (tertiary/aromatic N) is 2.